The molecule has 2 heterocycles. The second kappa shape index (κ2) is 6.22. The third-order valence-corrected chi connectivity index (χ3v) is 3.85. The van der Waals surface area contributed by atoms with Crippen molar-refractivity contribution >= 4 is 23.0 Å². The van der Waals surface area contributed by atoms with E-state index in [1.165, 1.54) is 6.42 Å². The summed E-state index contributed by atoms with van der Waals surface area (Å²) in [5.74, 6) is 0.752. The molecule has 5 heteroatoms. The third-order valence-electron chi connectivity index (χ3n) is 3.64. The molecule has 2 aromatic rings. The molecular formula is C16H18ClN3O. The lowest BCUT2D eigenvalue weighted by atomic mass is 10.1. The van der Waals surface area contributed by atoms with Crippen LogP contribution in [-0.4, -0.2) is 17.8 Å². The van der Waals surface area contributed by atoms with Crippen LogP contribution in [-0.2, 0) is 0 Å². The Labute approximate surface area is 129 Å². The Balaban J connectivity index is 1.79. The monoisotopic (exact) mass is 303 g/mol. The van der Waals surface area contributed by atoms with Gasteiger partial charge in [-0.1, -0.05) is 11.6 Å². The number of anilines is 2. The summed E-state index contributed by atoms with van der Waals surface area (Å²) in [6.45, 7) is 0.980. The molecule has 0 amide bonds. The van der Waals surface area contributed by atoms with Crippen LogP contribution in [0.15, 0.2) is 42.6 Å². The largest absolute Gasteiger partial charge is 0.470 e. The van der Waals surface area contributed by atoms with Crippen molar-refractivity contribution in [3.8, 4) is 5.75 Å². The maximum Gasteiger partial charge on any atom is 0.172 e. The molecule has 1 atom stereocenters. The molecule has 0 saturated carbocycles. The van der Waals surface area contributed by atoms with Gasteiger partial charge in [-0.2, -0.15) is 0 Å². The van der Waals surface area contributed by atoms with Crippen LogP contribution in [0, 0.1) is 0 Å². The van der Waals surface area contributed by atoms with Crippen molar-refractivity contribution in [3.63, 3.8) is 0 Å². The van der Waals surface area contributed by atoms with Gasteiger partial charge in [0.05, 0.1) is 0 Å². The van der Waals surface area contributed by atoms with Crippen molar-refractivity contribution in [1.82, 2.24) is 4.98 Å². The summed E-state index contributed by atoms with van der Waals surface area (Å²) in [6.07, 6.45) is 5.00. The van der Waals surface area contributed by atoms with Gasteiger partial charge in [-0.05, 0) is 43.2 Å². The number of nitrogens with two attached hydrogens (primary N) is 1. The van der Waals surface area contributed by atoms with Gasteiger partial charge >= 0.3 is 0 Å². The number of ether oxygens (including phenoxy) is 1. The van der Waals surface area contributed by atoms with Gasteiger partial charge in [-0.3, -0.25) is 0 Å². The second-order valence-corrected chi connectivity index (χ2v) is 5.55. The van der Waals surface area contributed by atoms with Gasteiger partial charge in [0, 0.05) is 36.6 Å². The fourth-order valence-electron chi connectivity index (χ4n) is 2.60. The Morgan fingerprint density at radius 1 is 1.19 bits per heavy atom. The topological polar surface area (TPSA) is 51.4 Å². The molecule has 1 fully saturated rings. The number of nitrogen functional groups attached to an aromatic ring is 1. The predicted molar refractivity (Wildman–Crippen MR) is 85.7 cm³/mol. The van der Waals surface area contributed by atoms with Crippen molar-refractivity contribution in [2.45, 2.75) is 25.5 Å². The zero-order chi connectivity index (χ0) is 14.7. The van der Waals surface area contributed by atoms with E-state index in [0.29, 0.717) is 5.15 Å². The molecule has 1 unspecified atom stereocenters. The minimum Gasteiger partial charge on any atom is -0.470 e. The molecule has 2 N–H and O–H groups in total. The Morgan fingerprint density at radius 2 is 2.00 bits per heavy atom. The van der Waals surface area contributed by atoms with Crippen molar-refractivity contribution in [2.75, 3.05) is 17.2 Å². The zero-order valence-electron chi connectivity index (χ0n) is 11.7. The molecule has 4 nitrogen and oxygen atoms in total. The highest BCUT2D eigenvalue weighted by Crippen LogP contribution is 2.28. The number of nitrogens with zero attached hydrogens (tertiary/aromatic N) is 2. The number of hydrogen-bond donors (Lipinski definition) is 1. The first-order chi connectivity index (χ1) is 10.2. The van der Waals surface area contributed by atoms with Gasteiger partial charge in [0.15, 0.2) is 6.23 Å². The van der Waals surface area contributed by atoms with Gasteiger partial charge in [-0.15, -0.1) is 0 Å². The fraction of sp³-hybridized carbons (Fsp3) is 0.312. The van der Waals surface area contributed by atoms with Crippen molar-refractivity contribution in [3.05, 3.63) is 47.7 Å². The van der Waals surface area contributed by atoms with E-state index in [1.807, 2.05) is 30.3 Å². The smallest absolute Gasteiger partial charge is 0.172 e. The maximum atomic E-state index is 6.10. The Kier molecular flexibility index (Phi) is 4.15. The van der Waals surface area contributed by atoms with Crippen LogP contribution < -0.4 is 15.4 Å². The van der Waals surface area contributed by atoms with E-state index in [0.717, 1.165) is 36.5 Å². The van der Waals surface area contributed by atoms with Gasteiger partial charge < -0.3 is 15.4 Å². The lowest BCUT2D eigenvalue weighted by molar-refractivity contribution is 0.165. The fourth-order valence-corrected chi connectivity index (χ4v) is 2.76. The Morgan fingerprint density at radius 3 is 2.76 bits per heavy atom. The van der Waals surface area contributed by atoms with E-state index in [4.69, 9.17) is 22.1 Å². The second-order valence-electron chi connectivity index (χ2n) is 5.17. The van der Waals surface area contributed by atoms with Crippen molar-refractivity contribution in [2.24, 2.45) is 0 Å². The molecule has 3 rings (SSSR count). The molecule has 0 spiro atoms. The lowest BCUT2D eigenvalue weighted by Gasteiger charge is -2.37. The Hall–Kier alpha value is -1.94. The predicted octanol–water partition coefficient (Wildman–Crippen LogP) is 3.71. The van der Waals surface area contributed by atoms with E-state index in [1.54, 1.807) is 12.3 Å². The van der Waals surface area contributed by atoms with Crippen LogP contribution >= 0.6 is 11.6 Å². The summed E-state index contributed by atoms with van der Waals surface area (Å²) in [6, 6.07) is 11.5. The van der Waals surface area contributed by atoms with Gasteiger partial charge in [0.2, 0.25) is 0 Å². The van der Waals surface area contributed by atoms with E-state index in [-0.39, 0.29) is 6.23 Å². The number of rotatable bonds is 3. The molecule has 1 aromatic carbocycles. The average Bonchev–Trinajstić information content (AvgIpc) is 2.49. The van der Waals surface area contributed by atoms with Crippen LogP contribution in [0.2, 0.25) is 5.15 Å². The van der Waals surface area contributed by atoms with E-state index < -0.39 is 0 Å². The SMILES string of the molecule is Nc1ccc(N2CCCCC2Oc2ccnc(Cl)c2)cc1. The molecule has 0 bridgehead atoms. The molecule has 0 aliphatic carbocycles. The van der Waals surface area contributed by atoms with Crippen LogP contribution in [0.5, 0.6) is 5.75 Å². The van der Waals surface area contributed by atoms with Crippen LogP contribution in [0.25, 0.3) is 0 Å². The highest BCUT2D eigenvalue weighted by atomic mass is 35.5. The average molecular weight is 304 g/mol. The first-order valence-corrected chi connectivity index (χ1v) is 7.50. The molecular weight excluding hydrogens is 286 g/mol. The normalized spacial score (nSPS) is 18.5. The van der Waals surface area contributed by atoms with Crippen molar-refractivity contribution < 1.29 is 4.74 Å². The van der Waals surface area contributed by atoms with E-state index >= 15 is 0 Å². The lowest BCUT2D eigenvalue weighted by Crippen LogP contribution is -2.43. The summed E-state index contributed by atoms with van der Waals surface area (Å²) in [5, 5.41) is 0.447. The number of aromatic nitrogens is 1. The molecule has 21 heavy (non-hydrogen) atoms. The number of piperidine rings is 1. The number of halogens is 1. The molecule has 1 aliphatic heterocycles. The Bertz CT molecular complexity index is 603. The molecule has 1 aromatic heterocycles. The highest BCUT2D eigenvalue weighted by molar-refractivity contribution is 6.29. The van der Waals surface area contributed by atoms with Crippen LogP contribution in [0.4, 0.5) is 11.4 Å². The summed E-state index contributed by atoms with van der Waals surface area (Å²) < 4.78 is 6.10. The number of hydrogen-bond acceptors (Lipinski definition) is 4. The first kappa shape index (κ1) is 14.0. The maximum absolute atomic E-state index is 6.10. The first-order valence-electron chi connectivity index (χ1n) is 7.13. The quantitative estimate of drug-likeness (QED) is 0.693. The number of pyridine rings is 1. The molecule has 1 aliphatic rings. The molecule has 0 radical (unpaired) electrons. The van der Waals surface area contributed by atoms with E-state index in [2.05, 4.69) is 9.88 Å². The van der Waals surface area contributed by atoms with Crippen molar-refractivity contribution in [1.29, 1.82) is 0 Å². The van der Waals surface area contributed by atoms with Crippen LogP contribution in [0.1, 0.15) is 19.3 Å². The summed E-state index contributed by atoms with van der Waals surface area (Å²) in [4.78, 5) is 6.25. The number of benzene rings is 1. The summed E-state index contributed by atoms with van der Waals surface area (Å²) >= 11 is 5.91. The summed E-state index contributed by atoms with van der Waals surface area (Å²) in [5.41, 5.74) is 7.67. The molecule has 1 saturated heterocycles. The third kappa shape index (κ3) is 3.39. The minimum absolute atomic E-state index is 0.0147. The standard InChI is InChI=1S/C16H18ClN3O/c17-15-11-14(8-9-19-15)21-16-3-1-2-10-20(16)13-6-4-12(18)5-7-13/h4-9,11,16H,1-3,10,18H2. The van der Waals surface area contributed by atoms with Gasteiger partial charge in [0.25, 0.3) is 0 Å². The van der Waals surface area contributed by atoms with Gasteiger partial charge in [0.1, 0.15) is 10.9 Å². The van der Waals surface area contributed by atoms with Gasteiger partial charge in [-0.25, -0.2) is 4.98 Å². The highest BCUT2D eigenvalue weighted by Gasteiger charge is 2.24. The van der Waals surface area contributed by atoms with E-state index in [9.17, 15) is 0 Å². The van der Waals surface area contributed by atoms with Crippen LogP contribution in [0.3, 0.4) is 0 Å². The summed E-state index contributed by atoms with van der Waals surface area (Å²) in [7, 11) is 0. The zero-order valence-corrected chi connectivity index (χ0v) is 12.5. The minimum atomic E-state index is 0.0147. The molecule has 110 valence electrons.